The fourth-order valence-electron chi connectivity index (χ4n) is 2.64. The van der Waals surface area contributed by atoms with Crippen molar-refractivity contribution in [1.82, 2.24) is 14.7 Å². The van der Waals surface area contributed by atoms with Crippen LogP contribution in [0.2, 0.25) is 0 Å². The van der Waals surface area contributed by atoms with Gasteiger partial charge < -0.3 is 10.6 Å². The Hall–Kier alpha value is -1.36. The lowest BCUT2D eigenvalue weighted by Crippen LogP contribution is -2.35. The molecule has 2 rings (SSSR count). The maximum atomic E-state index is 12.5. The van der Waals surface area contributed by atoms with Crippen molar-refractivity contribution in [3.05, 3.63) is 17.5 Å². The van der Waals surface area contributed by atoms with Crippen molar-refractivity contribution in [3.63, 3.8) is 0 Å². The lowest BCUT2D eigenvalue weighted by molar-refractivity contribution is 0.0732. The molecule has 1 fully saturated rings. The van der Waals surface area contributed by atoms with Crippen LogP contribution in [0.15, 0.2) is 6.07 Å². The van der Waals surface area contributed by atoms with Gasteiger partial charge in [-0.25, -0.2) is 0 Å². The highest BCUT2D eigenvalue weighted by molar-refractivity contribution is 5.93. The van der Waals surface area contributed by atoms with Crippen LogP contribution in [0.1, 0.15) is 36.5 Å². The van der Waals surface area contributed by atoms with Crippen LogP contribution in [0.25, 0.3) is 0 Å². The third-order valence-corrected chi connectivity index (χ3v) is 3.77. The van der Waals surface area contributed by atoms with E-state index < -0.39 is 0 Å². The monoisotopic (exact) mass is 250 g/mol. The lowest BCUT2D eigenvalue weighted by atomic mass is 10.1. The molecule has 2 unspecified atom stereocenters. The van der Waals surface area contributed by atoms with Crippen LogP contribution in [0.5, 0.6) is 0 Å². The van der Waals surface area contributed by atoms with Gasteiger partial charge in [0.25, 0.3) is 5.91 Å². The van der Waals surface area contributed by atoms with Crippen molar-refractivity contribution in [2.45, 2.75) is 32.7 Å². The third kappa shape index (κ3) is 2.27. The van der Waals surface area contributed by atoms with E-state index in [-0.39, 0.29) is 11.9 Å². The number of nitrogens with two attached hydrogens (primary N) is 1. The Balaban J connectivity index is 2.18. The van der Waals surface area contributed by atoms with Gasteiger partial charge in [-0.05, 0) is 38.3 Å². The molecule has 0 aliphatic carbocycles. The van der Waals surface area contributed by atoms with Crippen LogP contribution in [0.4, 0.5) is 0 Å². The lowest BCUT2D eigenvalue weighted by Gasteiger charge is -2.21. The summed E-state index contributed by atoms with van der Waals surface area (Å²) in [6, 6.07) is 2.16. The number of hydrogen-bond acceptors (Lipinski definition) is 3. The second-order valence-corrected chi connectivity index (χ2v) is 5.14. The molecule has 100 valence electrons. The minimum Gasteiger partial charge on any atom is -0.334 e. The third-order valence-electron chi connectivity index (χ3n) is 3.77. The van der Waals surface area contributed by atoms with Crippen molar-refractivity contribution in [2.75, 3.05) is 13.1 Å². The van der Waals surface area contributed by atoms with Gasteiger partial charge in [0.1, 0.15) is 5.69 Å². The standard InChI is InChI=1S/C13H22N4O/c1-4-11-6-12(16(3)15-11)13(18)17-8-10(7-14)5-9(17)2/h6,9-10H,4-5,7-8,14H2,1-3H3. The highest BCUT2D eigenvalue weighted by Crippen LogP contribution is 2.24. The molecule has 2 N–H and O–H groups in total. The van der Waals surface area contributed by atoms with E-state index >= 15 is 0 Å². The van der Waals surface area contributed by atoms with Crippen LogP contribution in [0, 0.1) is 5.92 Å². The van der Waals surface area contributed by atoms with Gasteiger partial charge in [0.05, 0.1) is 5.69 Å². The van der Waals surface area contributed by atoms with Crippen LogP contribution in [0.3, 0.4) is 0 Å². The van der Waals surface area contributed by atoms with E-state index in [4.69, 9.17) is 5.73 Å². The van der Waals surface area contributed by atoms with Crippen LogP contribution in [-0.2, 0) is 13.5 Å². The fraction of sp³-hybridized carbons (Fsp3) is 0.692. The van der Waals surface area contributed by atoms with Crippen LogP contribution in [-0.4, -0.2) is 39.7 Å². The molecule has 1 aliphatic rings. The molecule has 5 heteroatoms. The molecule has 1 aromatic rings. The molecule has 5 nitrogen and oxygen atoms in total. The van der Waals surface area contributed by atoms with E-state index in [9.17, 15) is 4.79 Å². The molecular formula is C13H22N4O. The summed E-state index contributed by atoms with van der Waals surface area (Å²) in [6.07, 6.45) is 1.85. The molecule has 0 aromatic carbocycles. The van der Waals surface area contributed by atoms with Gasteiger partial charge in [0.15, 0.2) is 0 Å². The maximum Gasteiger partial charge on any atom is 0.272 e. The smallest absolute Gasteiger partial charge is 0.272 e. The Morgan fingerprint density at radius 3 is 2.83 bits per heavy atom. The number of aromatic nitrogens is 2. The zero-order chi connectivity index (χ0) is 13.3. The first-order valence-corrected chi connectivity index (χ1v) is 6.60. The summed E-state index contributed by atoms with van der Waals surface area (Å²) in [5, 5.41) is 4.33. The summed E-state index contributed by atoms with van der Waals surface area (Å²) < 4.78 is 1.68. The maximum absolute atomic E-state index is 12.5. The number of amides is 1. The van der Waals surface area contributed by atoms with Gasteiger partial charge in [-0.1, -0.05) is 6.92 Å². The van der Waals surface area contributed by atoms with Gasteiger partial charge in [0.2, 0.25) is 0 Å². The first-order valence-electron chi connectivity index (χ1n) is 6.60. The predicted molar refractivity (Wildman–Crippen MR) is 70.2 cm³/mol. The Labute approximate surface area is 108 Å². The van der Waals surface area contributed by atoms with E-state index in [0.717, 1.165) is 25.1 Å². The molecule has 1 amide bonds. The largest absolute Gasteiger partial charge is 0.334 e. The quantitative estimate of drug-likeness (QED) is 0.862. The SMILES string of the molecule is CCc1cc(C(=O)N2CC(CN)CC2C)n(C)n1. The molecule has 2 heterocycles. The summed E-state index contributed by atoms with van der Waals surface area (Å²) in [5.41, 5.74) is 7.34. The summed E-state index contributed by atoms with van der Waals surface area (Å²) in [5.74, 6) is 0.510. The summed E-state index contributed by atoms with van der Waals surface area (Å²) in [7, 11) is 1.83. The number of nitrogens with zero attached hydrogens (tertiary/aromatic N) is 3. The molecule has 0 spiro atoms. The van der Waals surface area contributed by atoms with Crippen molar-refractivity contribution < 1.29 is 4.79 Å². The van der Waals surface area contributed by atoms with E-state index in [1.807, 2.05) is 24.9 Å². The van der Waals surface area contributed by atoms with E-state index in [1.54, 1.807) is 4.68 Å². The van der Waals surface area contributed by atoms with Crippen LogP contribution >= 0.6 is 0 Å². The van der Waals surface area contributed by atoms with Gasteiger partial charge in [-0.3, -0.25) is 9.48 Å². The molecule has 1 aliphatic heterocycles. The Kier molecular flexibility index (Phi) is 3.71. The first kappa shape index (κ1) is 13.1. The molecule has 18 heavy (non-hydrogen) atoms. The average Bonchev–Trinajstić information content (AvgIpc) is 2.91. The topological polar surface area (TPSA) is 64.2 Å². The average molecular weight is 250 g/mol. The number of likely N-dealkylation sites (tertiary alicyclic amines) is 1. The summed E-state index contributed by atoms with van der Waals surface area (Å²) in [4.78, 5) is 14.4. The minimum absolute atomic E-state index is 0.0770. The fourth-order valence-corrected chi connectivity index (χ4v) is 2.64. The highest BCUT2D eigenvalue weighted by atomic mass is 16.2. The van der Waals surface area contributed by atoms with Crippen LogP contribution < -0.4 is 5.73 Å². The first-order chi connectivity index (χ1) is 8.56. The predicted octanol–water partition coefficient (Wildman–Crippen LogP) is 0.792. The second-order valence-electron chi connectivity index (χ2n) is 5.14. The zero-order valence-corrected chi connectivity index (χ0v) is 11.4. The number of aryl methyl sites for hydroxylation is 2. The molecule has 0 bridgehead atoms. The molecule has 2 atom stereocenters. The highest BCUT2D eigenvalue weighted by Gasteiger charge is 2.33. The van der Waals surface area contributed by atoms with Crippen molar-refractivity contribution in [2.24, 2.45) is 18.7 Å². The molecule has 0 saturated carbocycles. The van der Waals surface area contributed by atoms with Gasteiger partial charge in [-0.15, -0.1) is 0 Å². The van der Waals surface area contributed by atoms with Gasteiger partial charge >= 0.3 is 0 Å². The van der Waals surface area contributed by atoms with Crippen molar-refractivity contribution in [1.29, 1.82) is 0 Å². The summed E-state index contributed by atoms with van der Waals surface area (Å²) >= 11 is 0. The molecule has 1 aromatic heterocycles. The normalized spacial score (nSPS) is 23.7. The summed E-state index contributed by atoms with van der Waals surface area (Å²) in [6.45, 7) is 5.55. The van der Waals surface area contributed by atoms with Crippen molar-refractivity contribution >= 4 is 5.91 Å². The Morgan fingerprint density at radius 1 is 1.61 bits per heavy atom. The molecule has 0 radical (unpaired) electrons. The molecular weight excluding hydrogens is 228 g/mol. The van der Waals surface area contributed by atoms with Crippen molar-refractivity contribution in [3.8, 4) is 0 Å². The number of rotatable bonds is 3. The zero-order valence-electron chi connectivity index (χ0n) is 11.4. The molecule has 1 saturated heterocycles. The number of hydrogen-bond donors (Lipinski definition) is 1. The van der Waals surface area contributed by atoms with E-state index in [2.05, 4.69) is 12.0 Å². The van der Waals surface area contributed by atoms with Gasteiger partial charge in [-0.2, -0.15) is 5.10 Å². The van der Waals surface area contributed by atoms with E-state index in [0.29, 0.717) is 18.2 Å². The number of carbonyl (C=O) groups excluding carboxylic acids is 1. The Bertz CT molecular complexity index is 440. The van der Waals surface area contributed by atoms with E-state index in [1.165, 1.54) is 0 Å². The minimum atomic E-state index is 0.0770. The number of carbonyl (C=O) groups is 1. The Morgan fingerprint density at radius 2 is 2.33 bits per heavy atom. The van der Waals surface area contributed by atoms with Gasteiger partial charge in [0, 0.05) is 19.6 Å². The second kappa shape index (κ2) is 5.10.